The SMILES string of the molecule is CCCCCCCCn1c(=O)c(O)c(O)c2ccc(OCCCC)cc21. The molecule has 0 saturated carbocycles. The molecule has 0 unspecified atom stereocenters. The third-order valence-corrected chi connectivity index (χ3v) is 4.69. The van der Waals surface area contributed by atoms with Crippen LogP contribution in [0.5, 0.6) is 17.2 Å². The zero-order chi connectivity index (χ0) is 18.9. The highest BCUT2D eigenvalue weighted by Crippen LogP contribution is 2.32. The fraction of sp³-hybridized carbons (Fsp3) is 0.571. The maximum absolute atomic E-state index is 12.5. The van der Waals surface area contributed by atoms with Gasteiger partial charge in [0.15, 0.2) is 5.75 Å². The molecule has 1 heterocycles. The number of hydrogen-bond acceptors (Lipinski definition) is 4. The summed E-state index contributed by atoms with van der Waals surface area (Å²) in [5.74, 6) is -0.264. The maximum Gasteiger partial charge on any atom is 0.297 e. The molecule has 26 heavy (non-hydrogen) atoms. The van der Waals surface area contributed by atoms with Crippen molar-refractivity contribution in [2.45, 2.75) is 71.8 Å². The molecule has 0 aliphatic heterocycles. The molecule has 0 saturated heterocycles. The van der Waals surface area contributed by atoms with Gasteiger partial charge in [0.25, 0.3) is 5.56 Å². The number of aromatic hydroxyl groups is 2. The van der Waals surface area contributed by atoms with E-state index >= 15 is 0 Å². The van der Waals surface area contributed by atoms with E-state index in [2.05, 4.69) is 13.8 Å². The van der Waals surface area contributed by atoms with Crippen LogP contribution >= 0.6 is 0 Å². The van der Waals surface area contributed by atoms with Gasteiger partial charge in [0, 0.05) is 18.0 Å². The Morgan fingerprint density at radius 1 is 0.923 bits per heavy atom. The Bertz CT molecular complexity index is 767. The van der Waals surface area contributed by atoms with Crippen LogP contribution in [0.3, 0.4) is 0 Å². The lowest BCUT2D eigenvalue weighted by Gasteiger charge is -2.14. The molecule has 2 N–H and O–H groups in total. The third kappa shape index (κ3) is 4.93. The van der Waals surface area contributed by atoms with Crippen LogP contribution in [-0.4, -0.2) is 21.4 Å². The summed E-state index contributed by atoms with van der Waals surface area (Å²) in [6.07, 6.45) is 8.72. The standard InChI is InChI=1S/C21H31NO4/c1-3-5-7-8-9-10-13-22-18-15-16(26-14-6-4-2)11-12-17(18)19(23)20(24)21(22)25/h11-12,15,23-24H,3-10,13-14H2,1-2H3. The van der Waals surface area contributed by atoms with Crippen molar-refractivity contribution in [3.63, 3.8) is 0 Å². The second-order valence-corrected chi connectivity index (χ2v) is 6.80. The van der Waals surface area contributed by atoms with Crippen molar-refractivity contribution in [2.24, 2.45) is 0 Å². The van der Waals surface area contributed by atoms with E-state index in [0.717, 1.165) is 32.1 Å². The van der Waals surface area contributed by atoms with E-state index in [0.29, 0.717) is 29.8 Å². The first kappa shape index (κ1) is 20.1. The number of aromatic nitrogens is 1. The predicted molar refractivity (Wildman–Crippen MR) is 105 cm³/mol. The first-order chi connectivity index (χ1) is 12.6. The van der Waals surface area contributed by atoms with Crippen molar-refractivity contribution in [2.75, 3.05) is 6.61 Å². The molecular weight excluding hydrogens is 330 g/mol. The van der Waals surface area contributed by atoms with Gasteiger partial charge in [0.05, 0.1) is 12.1 Å². The van der Waals surface area contributed by atoms with E-state index in [-0.39, 0.29) is 5.75 Å². The molecule has 0 spiro atoms. The van der Waals surface area contributed by atoms with Gasteiger partial charge in [-0.3, -0.25) is 4.79 Å². The number of unbranched alkanes of at least 4 members (excludes halogenated alkanes) is 6. The normalized spacial score (nSPS) is 11.2. The summed E-state index contributed by atoms with van der Waals surface area (Å²) in [7, 11) is 0. The molecule has 0 fully saturated rings. The van der Waals surface area contributed by atoms with Crippen molar-refractivity contribution < 1.29 is 14.9 Å². The average molecular weight is 361 g/mol. The minimum absolute atomic E-state index is 0.357. The van der Waals surface area contributed by atoms with Gasteiger partial charge in [0.2, 0.25) is 5.75 Å². The molecule has 5 heteroatoms. The van der Waals surface area contributed by atoms with Gasteiger partial charge in [-0.05, 0) is 25.0 Å². The monoisotopic (exact) mass is 361 g/mol. The molecule has 1 aromatic carbocycles. The molecule has 0 amide bonds. The van der Waals surface area contributed by atoms with Gasteiger partial charge in [-0.1, -0.05) is 52.4 Å². The van der Waals surface area contributed by atoms with Gasteiger partial charge in [-0.2, -0.15) is 0 Å². The molecule has 144 valence electrons. The smallest absolute Gasteiger partial charge is 0.297 e. The van der Waals surface area contributed by atoms with Crippen molar-refractivity contribution in [1.29, 1.82) is 0 Å². The van der Waals surface area contributed by atoms with Gasteiger partial charge in [-0.25, -0.2) is 0 Å². The Morgan fingerprint density at radius 2 is 1.62 bits per heavy atom. The zero-order valence-corrected chi connectivity index (χ0v) is 16.0. The highest BCUT2D eigenvalue weighted by Gasteiger charge is 2.16. The number of benzene rings is 1. The molecule has 1 aromatic heterocycles. The van der Waals surface area contributed by atoms with Crippen LogP contribution in [0.15, 0.2) is 23.0 Å². The predicted octanol–water partition coefficient (Wildman–Crippen LogP) is 4.95. The quantitative estimate of drug-likeness (QED) is 0.555. The molecule has 0 atom stereocenters. The van der Waals surface area contributed by atoms with Crippen LogP contribution in [-0.2, 0) is 6.54 Å². The molecule has 5 nitrogen and oxygen atoms in total. The number of hydrogen-bond donors (Lipinski definition) is 2. The Hall–Kier alpha value is -2.17. The Kier molecular flexibility index (Phi) is 7.82. The van der Waals surface area contributed by atoms with Crippen molar-refractivity contribution in [3.05, 3.63) is 28.6 Å². The van der Waals surface area contributed by atoms with Gasteiger partial charge < -0.3 is 19.5 Å². The van der Waals surface area contributed by atoms with E-state index in [9.17, 15) is 15.0 Å². The van der Waals surface area contributed by atoms with Crippen LogP contribution < -0.4 is 10.3 Å². The lowest BCUT2D eigenvalue weighted by molar-refractivity contribution is 0.309. The summed E-state index contributed by atoms with van der Waals surface area (Å²) in [5, 5.41) is 20.6. The highest BCUT2D eigenvalue weighted by atomic mass is 16.5. The second kappa shape index (κ2) is 10.1. The van der Waals surface area contributed by atoms with E-state index in [1.54, 1.807) is 22.8 Å². The minimum Gasteiger partial charge on any atom is -0.504 e. The van der Waals surface area contributed by atoms with Gasteiger partial charge in [-0.15, -0.1) is 0 Å². The Balaban J connectivity index is 2.24. The van der Waals surface area contributed by atoms with Crippen LogP contribution in [0, 0.1) is 0 Å². The summed E-state index contributed by atoms with van der Waals surface area (Å²) in [4.78, 5) is 12.5. The number of rotatable bonds is 11. The lowest BCUT2D eigenvalue weighted by Crippen LogP contribution is -2.20. The first-order valence-electron chi connectivity index (χ1n) is 9.81. The van der Waals surface area contributed by atoms with Crippen molar-refractivity contribution >= 4 is 10.9 Å². The van der Waals surface area contributed by atoms with E-state index in [1.165, 1.54) is 19.3 Å². The number of pyridine rings is 1. The summed E-state index contributed by atoms with van der Waals surface area (Å²) >= 11 is 0. The summed E-state index contributed by atoms with van der Waals surface area (Å²) in [6.45, 7) is 5.43. The van der Waals surface area contributed by atoms with Crippen LogP contribution in [0.25, 0.3) is 10.9 Å². The van der Waals surface area contributed by atoms with Crippen LogP contribution in [0.1, 0.15) is 65.2 Å². The van der Waals surface area contributed by atoms with E-state index in [4.69, 9.17) is 4.74 Å². The number of ether oxygens (including phenoxy) is 1. The average Bonchev–Trinajstić information content (AvgIpc) is 2.65. The van der Waals surface area contributed by atoms with Gasteiger partial charge >= 0.3 is 0 Å². The van der Waals surface area contributed by atoms with E-state index in [1.807, 2.05) is 0 Å². The Morgan fingerprint density at radius 3 is 2.35 bits per heavy atom. The second-order valence-electron chi connectivity index (χ2n) is 6.80. The molecule has 0 radical (unpaired) electrons. The molecule has 0 aliphatic carbocycles. The largest absolute Gasteiger partial charge is 0.504 e. The zero-order valence-electron chi connectivity index (χ0n) is 16.0. The van der Waals surface area contributed by atoms with Crippen molar-refractivity contribution in [1.82, 2.24) is 4.57 Å². The molecule has 0 aliphatic rings. The highest BCUT2D eigenvalue weighted by molar-refractivity contribution is 5.88. The molecule has 2 rings (SSSR count). The number of fused-ring (bicyclic) bond motifs is 1. The lowest BCUT2D eigenvalue weighted by atomic mass is 10.1. The first-order valence-corrected chi connectivity index (χ1v) is 9.81. The molecular formula is C21H31NO4. The summed E-state index contributed by atoms with van der Waals surface area (Å²) in [6, 6.07) is 5.24. The minimum atomic E-state index is -0.580. The number of nitrogens with zero attached hydrogens (tertiary/aromatic N) is 1. The third-order valence-electron chi connectivity index (χ3n) is 4.69. The molecule has 2 aromatic rings. The van der Waals surface area contributed by atoms with E-state index < -0.39 is 11.3 Å². The number of aryl methyl sites for hydroxylation is 1. The van der Waals surface area contributed by atoms with Gasteiger partial charge in [0.1, 0.15) is 5.75 Å². The summed E-state index contributed by atoms with van der Waals surface area (Å²) in [5.41, 5.74) is 0.0575. The van der Waals surface area contributed by atoms with Crippen LogP contribution in [0.2, 0.25) is 0 Å². The fourth-order valence-electron chi connectivity index (χ4n) is 3.10. The Labute approximate surface area is 155 Å². The molecule has 0 bridgehead atoms. The fourth-order valence-corrected chi connectivity index (χ4v) is 3.10. The maximum atomic E-state index is 12.5. The van der Waals surface area contributed by atoms with Crippen molar-refractivity contribution in [3.8, 4) is 17.2 Å². The topological polar surface area (TPSA) is 71.7 Å². The van der Waals surface area contributed by atoms with Crippen LogP contribution in [0.4, 0.5) is 0 Å². The summed E-state index contributed by atoms with van der Waals surface area (Å²) < 4.78 is 7.28.